The van der Waals surface area contributed by atoms with Crippen LogP contribution < -0.4 is 0 Å². The van der Waals surface area contributed by atoms with Gasteiger partial charge in [0, 0.05) is 18.7 Å². The minimum atomic E-state index is -0.782. The predicted molar refractivity (Wildman–Crippen MR) is 78.4 cm³/mol. The minimum absolute atomic E-state index is 0.0283. The average molecular weight is 296 g/mol. The van der Waals surface area contributed by atoms with E-state index in [0.717, 1.165) is 38.1 Å². The molecule has 0 aliphatic carbocycles. The third-order valence-corrected chi connectivity index (χ3v) is 4.07. The summed E-state index contributed by atoms with van der Waals surface area (Å²) in [5, 5.41) is 0. The fourth-order valence-corrected chi connectivity index (χ4v) is 3.05. The zero-order chi connectivity index (χ0) is 15.6. The van der Waals surface area contributed by atoms with Crippen molar-refractivity contribution in [3.8, 4) is 0 Å². The smallest absolute Gasteiger partial charge is 0.182 e. The molecule has 3 nitrogen and oxygen atoms in total. The van der Waals surface area contributed by atoms with Gasteiger partial charge >= 0.3 is 0 Å². The maximum absolute atomic E-state index is 13.8. The van der Waals surface area contributed by atoms with Crippen LogP contribution in [0.15, 0.2) is 18.2 Å². The van der Waals surface area contributed by atoms with Crippen molar-refractivity contribution >= 4 is 5.78 Å². The number of nitrogens with zero attached hydrogens (tertiary/aromatic N) is 2. The molecule has 1 heterocycles. The molecule has 1 aliphatic heterocycles. The van der Waals surface area contributed by atoms with Crippen LogP contribution in [0.3, 0.4) is 0 Å². The number of ketones is 1. The summed E-state index contributed by atoms with van der Waals surface area (Å²) in [5.41, 5.74) is -0.0283. The number of carbonyl (C=O) groups excluding carboxylic acids is 1. The van der Waals surface area contributed by atoms with Gasteiger partial charge in [-0.2, -0.15) is 0 Å². The monoisotopic (exact) mass is 296 g/mol. The molecule has 1 fully saturated rings. The zero-order valence-electron chi connectivity index (χ0n) is 12.8. The van der Waals surface area contributed by atoms with Crippen molar-refractivity contribution in [2.75, 3.05) is 27.2 Å². The Balaban J connectivity index is 2.14. The molecule has 2 rings (SSSR count). The highest BCUT2D eigenvalue weighted by Gasteiger charge is 2.33. The highest BCUT2D eigenvalue weighted by atomic mass is 19.1. The number of benzene rings is 1. The quantitative estimate of drug-likeness (QED) is 0.780. The maximum Gasteiger partial charge on any atom is 0.182 e. The van der Waals surface area contributed by atoms with E-state index < -0.39 is 17.7 Å². The van der Waals surface area contributed by atoms with Gasteiger partial charge in [-0.1, -0.05) is 0 Å². The normalized spacial score (nSPS) is 21.0. The van der Waals surface area contributed by atoms with Crippen molar-refractivity contribution in [3.05, 3.63) is 35.4 Å². The number of halogens is 2. The van der Waals surface area contributed by atoms with E-state index in [1.165, 1.54) is 6.07 Å². The minimum Gasteiger partial charge on any atom is -0.308 e. The van der Waals surface area contributed by atoms with E-state index in [0.29, 0.717) is 6.04 Å². The highest BCUT2D eigenvalue weighted by molar-refractivity contribution is 6.00. The maximum atomic E-state index is 13.8. The third-order valence-electron chi connectivity index (χ3n) is 4.07. The molecular formula is C16H22F2N2O. The van der Waals surface area contributed by atoms with Crippen molar-refractivity contribution in [2.24, 2.45) is 0 Å². The summed E-state index contributed by atoms with van der Waals surface area (Å²) >= 11 is 0. The van der Waals surface area contributed by atoms with Crippen LogP contribution >= 0.6 is 0 Å². The average Bonchev–Trinajstić information content (AvgIpc) is 2.84. The first-order chi connectivity index (χ1) is 9.90. The third kappa shape index (κ3) is 3.66. The number of carbonyl (C=O) groups is 1. The van der Waals surface area contributed by atoms with Crippen molar-refractivity contribution in [1.29, 1.82) is 0 Å². The molecule has 21 heavy (non-hydrogen) atoms. The lowest BCUT2D eigenvalue weighted by Crippen LogP contribution is -2.46. The first-order valence-electron chi connectivity index (χ1n) is 7.30. The van der Waals surface area contributed by atoms with Crippen LogP contribution in [0.2, 0.25) is 0 Å². The van der Waals surface area contributed by atoms with E-state index >= 15 is 0 Å². The highest BCUT2D eigenvalue weighted by Crippen LogP contribution is 2.23. The van der Waals surface area contributed by atoms with Crippen LogP contribution in [0, 0.1) is 11.6 Å². The predicted octanol–water partition coefficient (Wildman–Crippen LogP) is 2.56. The molecule has 2 atom stereocenters. The number of likely N-dealkylation sites (N-methyl/N-ethyl adjacent to an activating group) is 1. The summed E-state index contributed by atoms with van der Waals surface area (Å²) in [4.78, 5) is 16.7. The van der Waals surface area contributed by atoms with E-state index in [2.05, 4.69) is 9.80 Å². The summed E-state index contributed by atoms with van der Waals surface area (Å²) in [7, 11) is 4.01. The van der Waals surface area contributed by atoms with E-state index in [4.69, 9.17) is 0 Å². The Bertz CT molecular complexity index is 519. The van der Waals surface area contributed by atoms with Gasteiger partial charge in [-0.3, -0.25) is 9.69 Å². The fraction of sp³-hybridized carbons (Fsp3) is 0.562. The summed E-state index contributed by atoms with van der Waals surface area (Å²) in [6, 6.07) is 3.05. The Morgan fingerprint density at radius 1 is 1.43 bits per heavy atom. The molecule has 0 aromatic heterocycles. The van der Waals surface area contributed by atoms with Gasteiger partial charge in [0.2, 0.25) is 0 Å². The Kier molecular flexibility index (Phi) is 5.06. The Morgan fingerprint density at radius 3 is 2.76 bits per heavy atom. The van der Waals surface area contributed by atoms with Crippen molar-refractivity contribution in [2.45, 2.75) is 31.8 Å². The Morgan fingerprint density at radius 2 is 2.14 bits per heavy atom. The molecule has 0 amide bonds. The largest absolute Gasteiger partial charge is 0.308 e. The van der Waals surface area contributed by atoms with Gasteiger partial charge in [0.25, 0.3) is 0 Å². The first kappa shape index (κ1) is 16.0. The van der Waals surface area contributed by atoms with Gasteiger partial charge in [0.15, 0.2) is 5.78 Å². The van der Waals surface area contributed by atoms with E-state index in [1.807, 2.05) is 14.1 Å². The molecule has 5 heteroatoms. The lowest BCUT2D eigenvalue weighted by Gasteiger charge is -2.31. The van der Waals surface area contributed by atoms with Crippen LogP contribution in [0.4, 0.5) is 8.78 Å². The lowest BCUT2D eigenvalue weighted by molar-refractivity contribution is 0.0795. The van der Waals surface area contributed by atoms with Crippen molar-refractivity contribution in [3.63, 3.8) is 0 Å². The van der Waals surface area contributed by atoms with E-state index in [1.54, 1.807) is 6.92 Å². The molecule has 1 saturated heterocycles. The number of hydrogen-bond donors (Lipinski definition) is 0. The summed E-state index contributed by atoms with van der Waals surface area (Å²) in [6.07, 6.45) is 2.09. The zero-order valence-corrected chi connectivity index (χ0v) is 12.8. The van der Waals surface area contributed by atoms with Gasteiger partial charge in [0.05, 0.1) is 11.6 Å². The molecule has 2 unspecified atom stereocenters. The number of likely N-dealkylation sites (tertiary alicyclic amines) is 1. The molecule has 0 bridgehead atoms. The second-order valence-corrected chi connectivity index (χ2v) is 5.96. The second-order valence-electron chi connectivity index (χ2n) is 5.96. The van der Waals surface area contributed by atoms with Gasteiger partial charge in [-0.25, -0.2) is 8.78 Å². The van der Waals surface area contributed by atoms with E-state index in [9.17, 15) is 13.6 Å². The Hall–Kier alpha value is -1.33. The van der Waals surface area contributed by atoms with Crippen LogP contribution in [0.25, 0.3) is 0 Å². The van der Waals surface area contributed by atoms with Gasteiger partial charge in [0.1, 0.15) is 11.6 Å². The van der Waals surface area contributed by atoms with Gasteiger partial charge in [-0.05, 0) is 52.5 Å². The van der Waals surface area contributed by atoms with Gasteiger partial charge < -0.3 is 4.90 Å². The molecule has 0 radical (unpaired) electrons. The van der Waals surface area contributed by atoms with Crippen molar-refractivity contribution in [1.82, 2.24) is 9.80 Å². The number of rotatable bonds is 5. The lowest BCUT2D eigenvalue weighted by atomic mass is 10.0. The Labute approximate surface area is 124 Å². The van der Waals surface area contributed by atoms with Crippen LogP contribution in [-0.2, 0) is 0 Å². The molecule has 1 aromatic rings. The van der Waals surface area contributed by atoms with Crippen LogP contribution in [-0.4, -0.2) is 54.9 Å². The summed E-state index contributed by atoms with van der Waals surface area (Å²) in [5.74, 6) is -1.73. The molecule has 1 aromatic carbocycles. The molecule has 0 spiro atoms. The fourth-order valence-electron chi connectivity index (χ4n) is 3.05. The van der Waals surface area contributed by atoms with Crippen molar-refractivity contribution < 1.29 is 13.6 Å². The SMILES string of the molecule is CC(C(=O)c1ccc(F)cc1F)N1CCCC1CN(C)C. The summed E-state index contributed by atoms with van der Waals surface area (Å²) < 4.78 is 26.7. The van der Waals surface area contributed by atoms with Crippen LogP contribution in [0.5, 0.6) is 0 Å². The standard InChI is InChI=1S/C16H22F2N2O/c1-11(20-8-4-5-13(20)10-19(2)3)16(21)14-7-6-12(17)9-15(14)18/h6-7,9,11,13H,4-5,8,10H2,1-3H3. The topological polar surface area (TPSA) is 23.6 Å². The molecule has 0 saturated carbocycles. The first-order valence-corrected chi connectivity index (χ1v) is 7.30. The number of hydrogen-bond acceptors (Lipinski definition) is 3. The summed E-state index contributed by atoms with van der Waals surface area (Å²) in [6.45, 7) is 3.52. The van der Waals surface area contributed by atoms with Gasteiger partial charge in [-0.15, -0.1) is 0 Å². The molecule has 1 aliphatic rings. The molecular weight excluding hydrogens is 274 g/mol. The second kappa shape index (κ2) is 6.62. The molecule has 116 valence electrons. The molecule has 0 N–H and O–H groups in total. The van der Waals surface area contributed by atoms with Crippen LogP contribution in [0.1, 0.15) is 30.1 Å². The number of Topliss-reactive ketones (excluding diaryl/α,β-unsaturated/α-hetero) is 1. The van der Waals surface area contributed by atoms with E-state index in [-0.39, 0.29) is 11.3 Å².